The molecule has 0 bridgehead atoms. The number of carboxylic acid groups (broad SMARTS) is 1. The zero-order valence-electron chi connectivity index (χ0n) is 16.8. The fourth-order valence-corrected chi connectivity index (χ4v) is 4.18. The number of carboxylic acids is 1. The molecule has 0 saturated heterocycles. The Morgan fingerprint density at radius 3 is 2.78 bits per heavy atom. The summed E-state index contributed by atoms with van der Waals surface area (Å²) in [4.78, 5) is 18.6. The van der Waals surface area contributed by atoms with E-state index in [2.05, 4.69) is 9.97 Å². The van der Waals surface area contributed by atoms with E-state index in [1.54, 1.807) is 18.2 Å². The molecule has 3 aromatic rings. The first-order valence-corrected chi connectivity index (χ1v) is 10.1. The van der Waals surface area contributed by atoms with Gasteiger partial charge < -0.3 is 19.3 Å². The highest BCUT2D eigenvalue weighted by molar-refractivity contribution is 5.68. The van der Waals surface area contributed by atoms with Gasteiger partial charge in [0.05, 0.1) is 25.4 Å². The molecule has 1 aliphatic carbocycles. The molecule has 164 valence electrons. The number of aromatic nitrogens is 2. The van der Waals surface area contributed by atoms with Crippen LogP contribution in [0.4, 0.5) is 8.78 Å². The highest BCUT2D eigenvalue weighted by Gasteiger charge is 2.32. The second kappa shape index (κ2) is 8.07. The van der Waals surface area contributed by atoms with Crippen molar-refractivity contribution in [1.82, 2.24) is 9.97 Å². The summed E-state index contributed by atoms with van der Waals surface area (Å²) in [5, 5.41) is 9.04. The maximum Gasteiger partial charge on any atom is 0.322 e. The number of rotatable bonds is 6. The Morgan fingerprint density at radius 1 is 1.19 bits per heavy atom. The number of benzene rings is 2. The van der Waals surface area contributed by atoms with Gasteiger partial charge in [-0.2, -0.15) is 0 Å². The van der Waals surface area contributed by atoms with Crippen LogP contribution < -0.4 is 14.2 Å². The van der Waals surface area contributed by atoms with Crippen LogP contribution in [-0.2, 0) is 11.2 Å². The van der Waals surface area contributed by atoms with E-state index >= 15 is 0 Å². The Balaban J connectivity index is 1.37. The molecule has 0 fully saturated rings. The SMILES string of the molecule is O=C(O)CC1COc2cc(OC3CCc4c(Oc5ncc(F)cn5)ccc(F)c43)ccc21. The molecule has 1 N–H and O–H groups in total. The van der Waals surface area contributed by atoms with Crippen LogP contribution in [0, 0.1) is 11.6 Å². The quantitative estimate of drug-likeness (QED) is 0.601. The number of ether oxygens (including phenoxy) is 3. The van der Waals surface area contributed by atoms with E-state index in [1.807, 2.05) is 0 Å². The summed E-state index contributed by atoms with van der Waals surface area (Å²) in [6.07, 6.45) is 2.52. The molecule has 2 atom stereocenters. The van der Waals surface area contributed by atoms with Crippen molar-refractivity contribution in [3.8, 4) is 23.3 Å². The van der Waals surface area contributed by atoms with E-state index in [0.29, 0.717) is 47.8 Å². The van der Waals surface area contributed by atoms with E-state index in [-0.39, 0.29) is 18.3 Å². The molecular weight excluding hydrogens is 422 g/mol. The Labute approximate surface area is 181 Å². The van der Waals surface area contributed by atoms with Crippen molar-refractivity contribution in [1.29, 1.82) is 0 Å². The van der Waals surface area contributed by atoms with Gasteiger partial charge in [0.15, 0.2) is 5.82 Å². The lowest BCUT2D eigenvalue weighted by Crippen LogP contribution is -2.07. The van der Waals surface area contributed by atoms with Gasteiger partial charge in [0, 0.05) is 28.7 Å². The van der Waals surface area contributed by atoms with Crippen LogP contribution in [0.3, 0.4) is 0 Å². The fourth-order valence-electron chi connectivity index (χ4n) is 4.18. The number of halogens is 2. The van der Waals surface area contributed by atoms with Crippen molar-refractivity contribution < 1.29 is 32.9 Å². The molecule has 1 aromatic heterocycles. The van der Waals surface area contributed by atoms with Crippen LogP contribution in [0.1, 0.15) is 41.6 Å². The molecule has 0 saturated carbocycles. The Morgan fingerprint density at radius 2 is 2.00 bits per heavy atom. The largest absolute Gasteiger partial charge is 0.492 e. The molecule has 7 nitrogen and oxygen atoms in total. The van der Waals surface area contributed by atoms with Crippen LogP contribution in [0.5, 0.6) is 23.3 Å². The van der Waals surface area contributed by atoms with E-state index in [9.17, 15) is 13.6 Å². The number of aliphatic carboxylic acids is 1. The van der Waals surface area contributed by atoms with Crippen molar-refractivity contribution in [2.45, 2.75) is 31.3 Å². The smallest absolute Gasteiger partial charge is 0.322 e. The highest BCUT2D eigenvalue weighted by Crippen LogP contribution is 2.44. The molecule has 0 amide bonds. The summed E-state index contributed by atoms with van der Waals surface area (Å²) in [5.41, 5.74) is 1.88. The Kier molecular flexibility index (Phi) is 5.08. The third-order valence-electron chi connectivity index (χ3n) is 5.60. The summed E-state index contributed by atoms with van der Waals surface area (Å²) < 4.78 is 45.1. The zero-order valence-corrected chi connectivity index (χ0v) is 16.8. The van der Waals surface area contributed by atoms with Gasteiger partial charge >= 0.3 is 12.0 Å². The number of hydrogen-bond acceptors (Lipinski definition) is 6. The third-order valence-corrected chi connectivity index (χ3v) is 5.60. The van der Waals surface area contributed by atoms with Gasteiger partial charge in [-0.3, -0.25) is 4.79 Å². The van der Waals surface area contributed by atoms with Crippen LogP contribution in [0.25, 0.3) is 0 Å². The minimum atomic E-state index is -0.881. The molecular formula is C23H18F2N2O5. The summed E-state index contributed by atoms with van der Waals surface area (Å²) in [6, 6.07) is 8.00. The van der Waals surface area contributed by atoms with Gasteiger partial charge in [0.2, 0.25) is 0 Å². The van der Waals surface area contributed by atoms with Gasteiger partial charge in [-0.1, -0.05) is 6.07 Å². The number of fused-ring (bicyclic) bond motifs is 2. The maximum atomic E-state index is 14.7. The fraction of sp³-hybridized carbons (Fsp3) is 0.261. The first kappa shape index (κ1) is 20.2. The molecule has 0 spiro atoms. The summed E-state index contributed by atoms with van der Waals surface area (Å²) in [5.74, 6) is -0.587. The van der Waals surface area contributed by atoms with Crippen LogP contribution in [-0.4, -0.2) is 27.7 Å². The third kappa shape index (κ3) is 3.81. The number of carbonyl (C=O) groups is 1. The molecule has 32 heavy (non-hydrogen) atoms. The van der Waals surface area contributed by atoms with E-state index in [0.717, 1.165) is 18.0 Å². The standard InChI is InChI=1S/C23H18F2N2O5/c24-13-9-26-23(27-10-13)32-18-6-4-17(25)22-16(18)3-5-19(22)31-14-1-2-15-12(7-21(28)29)11-30-20(15)8-14/h1-2,4,6,8-10,12,19H,3,5,7,11H2,(H,28,29). The van der Waals surface area contributed by atoms with Crippen LogP contribution in [0.2, 0.25) is 0 Å². The van der Waals surface area contributed by atoms with Gasteiger partial charge in [-0.05, 0) is 31.0 Å². The van der Waals surface area contributed by atoms with Crippen molar-refractivity contribution in [3.05, 3.63) is 71.1 Å². The van der Waals surface area contributed by atoms with E-state index in [4.69, 9.17) is 19.3 Å². The average Bonchev–Trinajstić information content (AvgIpc) is 3.36. The summed E-state index contributed by atoms with van der Waals surface area (Å²) in [7, 11) is 0. The molecule has 2 aromatic carbocycles. The van der Waals surface area contributed by atoms with Crippen molar-refractivity contribution in [2.24, 2.45) is 0 Å². The lowest BCUT2D eigenvalue weighted by atomic mass is 9.98. The number of hydrogen-bond donors (Lipinski definition) is 1. The van der Waals surface area contributed by atoms with E-state index in [1.165, 1.54) is 12.1 Å². The van der Waals surface area contributed by atoms with Crippen LogP contribution in [0.15, 0.2) is 42.7 Å². The van der Waals surface area contributed by atoms with Gasteiger partial charge in [0.1, 0.15) is 29.2 Å². The van der Waals surface area contributed by atoms with Crippen molar-refractivity contribution >= 4 is 5.97 Å². The Bertz CT molecular complexity index is 1190. The minimum Gasteiger partial charge on any atom is -0.492 e. The zero-order chi connectivity index (χ0) is 22.2. The van der Waals surface area contributed by atoms with Gasteiger partial charge in [0.25, 0.3) is 0 Å². The van der Waals surface area contributed by atoms with Gasteiger partial charge in [-0.25, -0.2) is 18.7 Å². The lowest BCUT2D eigenvalue weighted by molar-refractivity contribution is -0.137. The minimum absolute atomic E-state index is 0.00500. The topological polar surface area (TPSA) is 90.8 Å². The highest BCUT2D eigenvalue weighted by atomic mass is 19.1. The molecule has 2 unspecified atom stereocenters. The first-order valence-electron chi connectivity index (χ1n) is 10.1. The number of nitrogens with zero attached hydrogens (tertiary/aromatic N) is 2. The molecule has 9 heteroatoms. The maximum absolute atomic E-state index is 14.7. The van der Waals surface area contributed by atoms with E-state index < -0.39 is 23.7 Å². The summed E-state index contributed by atoms with van der Waals surface area (Å²) >= 11 is 0. The monoisotopic (exact) mass is 440 g/mol. The Hall–Kier alpha value is -3.75. The normalized spacial score (nSPS) is 18.6. The molecule has 1 aliphatic heterocycles. The molecule has 2 heterocycles. The van der Waals surface area contributed by atoms with Crippen molar-refractivity contribution in [3.63, 3.8) is 0 Å². The lowest BCUT2D eigenvalue weighted by Gasteiger charge is -2.17. The predicted molar refractivity (Wildman–Crippen MR) is 107 cm³/mol. The molecule has 2 aliphatic rings. The van der Waals surface area contributed by atoms with Gasteiger partial charge in [-0.15, -0.1) is 0 Å². The second-order valence-corrected chi connectivity index (χ2v) is 7.67. The molecule has 0 radical (unpaired) electrons. The summed E-state index contributed by atoms with van der Waals surface area (Å²) in [6.45, 7) is 0.304. The second-order valence-electron chi connectivity index (χ2n) is 7.67. The molecule has 5 rings (SSSR count). The average molecular weight is 440 g/mol. The predicted octanol–water partition coefficient (Wildman–Crippen LogP) is 4.56. The first-order chi connectivity index (χ1) is 15.5. The van der Waals surface area contributed by atoms with Crippen LogP contribution >= 0.6 is 0 Å². The van der Waals surface area contributed by atoms with Crippen molar-refractivity contribution in [2.75, 3.05) is 6.61 Å².